The highest BCUT2D eigenvalue weighted by Gasteiger charge is 2.18. The Balaban J connectivity index is 2.26. The molecule has 100 valence electrons. The topological polar surface area (TPSA) is 15.3 Å². The maximum absolute atomic E-state index is 13.5. The SMILES string of the molecule is CCC1CN(c2cc(Br)c(F)cc2C)CCCN1. The summed E-state index contributed by atoms with van der Waals surface area (Å²) in [4.78, 5) is 2.37. The molecule has 2 nitrogen and oxygen atoms in total. The van der Waals surface area contributed by atoms with Gasteiger partial charge < -0.3 is 10.2 Å². The molecule has 4 heteroatoms. The molecular formula is C14H20BrFN2. The molecule has 1 unspecified atom stereocenters. The Morgan fingerprint density at radius 1 is 1.50 bits per heavy atom. The fraction of sp³-hybridized carbons (Fsp3) is 0.571. The molecule has 1 aromatic rings. The highest BCUT2D eigenvalue weighted by Crippen LogP contribution is 2.28. The summed E-state index contributed by atoms with van der Waals surface area (Å²) in [6.45, 7) is 7.27. The Labute approximate surface area is 117 Å². The van der Waals surface area contributed by atoms with E-state index in [9.17, 15) is 4.39 Å². The molecule has 0 aromatic heterocycles. The molecule has 0 saturated carbocycles. The first-order valence-corrected chi connectivity index (χ1v) is 7.35. The van der Waals surface area contributed by atoms with E-state index in [1.54, 1.807) is 6.07 Å². The quantitative estimate of drug-likeness (QED) is 0.899. The van der Waals surface area contributed by atoms with Gasteiger partial charge in [0.05, 0.1) is 4.47 Å². The summed E-state index contributed by atoms with van der Waals surface area (Å²) in [5.74, 6) is -0.184. The van der Waals surface area contributed by atoms with Crippen molar-refractivity contribution in [3.05, 3.63) is 28.0 Å². The molecule has 1 aliphatic heterocycles. The standard InChI is InChI=1S/C14H20BrFN2/c1-3-11-9-18(6-4-5-17-11)14-8-12(15)13(16)7-10(14)2/h7-8,11,17H,3-6,9H2,1-2H3. The van der Waals surface area contributed by atoms with Crippen LogP contribution in [0.2, 0.25) is 0 Å². The van der Waals surface area contributed by atoms with Gasteiger partial charge in [0.1, 0.15) is 5.82 Å². The molecule has 0 bridgehead atoms. The first kappa shape index (κ1) is 13.8. The first-order chi connectivity index (χ1) is 8.61. The average Bonchev–Trinajstić information content (AvgIpc) is 2.59. The lowest BCUT2D eigenvalue weighted by Crippen LogP contribution is -2.37. The summed E-state index contributed by atoms with van der Waals surface area (Å²) in [6.07, 6.45) is 2.25. The Morgan fingerprint density at radius 2 is 2.28 bits per heavy atom. The number of halogens is 2. The van der Waals surface area contributed by atoms with Gasteiger partial charge in [-0.2, -0.15) is 0 Å². The second-order valence-electron chi connectivity index (χ2n) is 4.91. The first-order valence-electron chi connectivity index (χ1n) is 6.55. The summed E-state index contributed by atoms with van der Waals surface area (Å²) < 4.78 is 14.0. The van der Waals surface area contributed by atoms with E-state index in [0.717, 1.165) is 43.7 Å². The van der Waals surface area contributed by atoms with E-state index in [1.165, 1.54) is 0 Å². The highest BCUT2D eigenvalue weighted by molar-refractivity contribution is 9.10. The zero-order chi connectivity index (χ0) is 13.1. The monoisotopic (exact) mass is 314 g/mol. The Bertz CT molecular complexity index is 423. The van der Waals surface area contributed by atoms with Gasteiger partial charge in [0.15, 0.2) is 0 Å². The maximum atomic E-state index is 13.5. The van der Waals surface area contributed by atoms with Crippen molar-refractivity contribution in [2.45, 2.75) is 32.7 Å². The average molecular weight is 315 g/mol. The smallest absolute Gasteiger partial charge is 0.137 e. The fourth-order valence-electron chi connectivity index (χ4n) is 2.47. The molecule has 1 aliphatic rings. The summed E-state index contributed by atoms with van der Waals surface area (Å²) in [5.41, 5.74) is 2.15. The van der Waals surface area contributed by atoms with Gasteiger partial charge in [0.2, 0.25) is 0 Å². The summed E-state index contributed by atoms with van der Waals surface area (Å²) in [7, 11) is 0. The molecule has 1 atom stereocenters. The predicted molar refractivity (Wildman–Crippen MR) is 77.7 cm³/mol. The molecule has 0 spiro atoms. The van der Waals surface area contributed by atoms with Crippen LogP contribution in [0.1, 0.15) is 25.3 Å². The third kappa shape index (κ3) is 3.04. The van der Waals surface area contributed by atoms with Gasteiger partial charge >= 0.3 is 0 Å². The number of anilines is 1. The van der Waals surface area contributed by atoms with Crippen LogP contribution in [0.4, 0.5) is 10.1 Å². The van der Waals surface area contributed by atoms with E-state index < -0.39 is 0 Å². The minimum atomic E-state index is -0.184. The zero-order valence-electron chi connectivity index (χ0n) is 11.0. The predicted octanol–water partition coefficient (Wildman–Crippen LogP) is 3.47. The van der Waals surface area contributed by atoms with Crippen molar-refractivity contribution < 1.29 is 4.39 Å². The van der Waals surface area contributed by atoms with E-state index in [4.69, 9.17) is 0 Å². The number of nitrogens with zero attached hydrogens (tertiary/aromatic N) is 1. The second-order valence-corrected chi connectivity index (χ2v) is 5.77. The normalized spacial score (nSPS) is 20.9. The Hall–Kier alpha value is -0.610. The van der Waals surface area contributed by atoms with Crippen molar-refractivity contribution in [2.24, 2.45) is 0 Å². The number of hydrogen-bond acceptors (Lipinski definition) is 2. The van der Waals surface area contributed by atoms with Gasteiger partial charge in [-0.3, -0.25) is 0 Å². The van der Waals surface area contributed by atoms with Crippen molar-refractivity contribution in [1.82, 2.24) is 5.32 Å². The van der Waals surface area contributed by atoms with Gasteiger partial charge in [0, 0.05) is 24.8 Å². The van der Waals surface area contributed by atoms with Crippen molar-refractivity contribution in [3.63, 3.8) is 0 Å². The Kier molecular flexibility index (Phi) is 4.62. The molecule has 0 radical (unpaired) electrons. The lowest BCUT2D eigenvalue weighted by molar-refractivity contribution is 0.528. The molecule has 0 aliphatic carbocycles. The van der Waals surface area contributed by atoms with Crippen molar-refractivity contribution in [1.29, 1.82) is 0 Å². The fourth-order valence-corrected chi connectivity index (χ4v) is 2.80. The number of nitrogens with one attached hydrogen (secondary N) is 1. The maximum Gasteiger partial charge on any atom is 0.137 e. The summed E-state index contributed by atoms with van der Waals surface area (Å²) >= 11 is 3.28. The van der Waals surface area contributed by atoms with Crippen LogP contribution in [0.5, 0.6) is 0 Å². The van der Waals surface area contributed by atoms with Crippen LogP contribution in [0.15, 0.2) is 16.6 Å². The molecule has 2 rings (SSSR count). The molecule has 1 aromatic carbocycles. The van der Waals surface area contributed by atoms with Crippen molar-refractivity contribution in [2.75, 3.05) is 24.5 Å². The molecule has 1 saturated heterocycles. The van der Waals surface area contributed by atoms with E-state index >= 15 is 0 Å². The second kappa shape index (κ2) is 6.02. The molecular weight excluding hydrogens is 295 g/mol. The summed E-state index contributed by atoms with van der Waals surface area (Å²) in [5, 5.41) is 3.55. The van der Waals surface area contributed by atoms with Gasteiger partial charge in [-0.15, -0.1) is 0 Å². The van der Waals surface area contributed by atoms with Gasteiger partial charge in [-0.05, 0) is 59.9 Å². The zero-order valence-corrected chi connectivity index (χ0v) is 12.6. The van der Waals surface area contributed by atoms with Crippen LogP contribution in [0.3, 0.4) is 0 Å². The Morgan fingerprint density at radius 3 is 3.00 bits per heavy atom. The van der Waals surface area contributed by atoms with E-state index in [1.807, 2.05) is 13.0 Å². The van der Waals surface area contributed by atoms with Crippen LogP contribution in [-0.2, 0) is 0 Å². The number of benzene rings is 1. The largest absolute Gasteiger partial charge is 0.370 e. The number of aryl methyl sites for hydroxylation is 1. The van der Waals surface area contributed by atoms with Crippen molar-refractivity contribution >= 4 is 21.6 Å². The van der Waals surface area contributed by atoms with Crippen LogP contribution in [-0.4, -0.2) is 25.7 Å². The van der Waals surface area contributed by atoms with E-state index in [0.29, 0.717) is 10.5 Å². The van der Waals surface area contributed by atoms with Crippen LogP contribution in [0.25, 0.3) is 0 Å². The highest BCUT2D eigenvalue weighted by atomic mass is 79.9. The third-order valence-corrected chi connectivity index (χ3v) is 4.16. The molecule has 18 heavy (non-hydrogen) atoms. The van der Waals surface area contributed by atoms with Crippen LogP contribution < -0.4 is 10.2 Å². The van der Waals surface area contributed by atoms with Crippen LogP contribution >= 0.6 is 15.9 Å². The summed E-state index contributed by atoms with van der Waals surface area (Å²) in [6, 6.07) is 4.04. The molecule has 1 fully saturated rings. The molecule has 0 amide bonds. The minimum Gasteiger partial charge on any atom is -0.370 e. The lowest BCUT2D eigenvalue weighted by Gasteiger charge is -2.27. The lowest BCUT2D eigenvalue weighted by atomic mass is 10.1. The minimum absolute atomic E-state index is 0.184. The van der Waals surface area contributed by atoms with E-state index in [-0.39, 0.29) is 5.82 Å². The number of hydrogen-bond donors (Lipinski definition) is 1. The third-order valence-electron chi connectivity index (χ3n) is 3.55. The molecule has 1 N–H and O–H groups in total. The van der Waals surface area contributed by atoms with Crippen molar-refractivity contribution in [3.8, 4) is 0 Å². The van der Waals surface area contributed by atoms with Gasteiger partial charge in [0.25, 0.3) is 0 Å². The van der Waals surface area contributed by atoms with Gasteiger partial charge in [-0.25, -0.2) is 4.39 Å². The molecule has 1 heterocycles. The van der Waals surface area contributed by atoms with E-state index in [2.05, 4.69) is 33.1 Å². The number of rotatable bonds is 2. The van der Waals surface area contributed by atoms with Gasteiger partial charge in [-0.1, -0.05) is 6.92 Å². The van der Waals surface area contributed by atoms with Crippen LogP contribution in [0, 0.1) is 12.7 Å².